The van der Waals surface area contributed by atoms with Gasteiger partial charge in [-0.2, -0.15) is 0 Å². The number of hydrogen-bond acceptors (Lipinski definition) is 1. The van der Waals surface area contributed by atoms with Crippen molar-refractivity contribution in [1.82, 2.24) is 5.32 Å². The quantitative estimate of drug-likeness (QED) is 0.682. The SMILES string of the molecule is CCCCCCNC(C)c1cc(C)ccc1C. The van der Waals surface area contributed by atoms with E-state index in [0.29, 0.717) is 6.04 Å². The fraction of sp³-hybridized carbons (Fsp3) is 0.625. The van der Waals surface area contributed by atoms with Crippen molar-refractivity contribution in [1.29, 1.82) is 0 Å². The molecule has 96 valence electrons. The van der Waals surface area contributed by atoms with Gasteiger partial charge in [0.25, 0.3) is 0 Å². The molecule has 1 rings (SSSR count). The molecular formula is C16H27N. The van der Waals surface area contributed by atoms with Crippen molar-refractivity contribution in [3.8, 4) is 0 Å². The predicted octanol–water partition coefficient (Wildman–Crippen LogP) is 4.53. The number of aryl methyl sites for hydroxylation is 2. The van der Waals surface area contributed by atoms with Gasteiger partial charge < -0.3 is 5.32 Å². The van der Waals surface area contributed by atoms with Crippen LogP contribution < -0.4 is 5.32 Å². The van der Waals surface area contributed by atoms with Gasteiger partial charge in [0.2, 0.25) is 0 Å². The van der Waals surface area contributed by atoms with Crippen LogP contribution in [0.25, 0.3) is 0 Å². The second kappa shape index (κ2) is 7.50. The second-order valence-corrected chi connectivity index (χ2v) is 5.10. The van der Waals surface area contributed by atoms with Crippen molar-refractivity contribution in [3.63, 3.8) is 0 Å². The summed E-state index contributed by atoms with van der Waals surface area (Å²) in [6.07, 6.45) is 5.32. The molecule has 0 radical (unpaired) electrons. The standard InChI is InChI=1S/C16H27N/c1-5-6-7-8-11-17-15(4)16-12-13(2)9-10-14(16)3/h9-10,12,15,17H,5-8,11H2,1-4H3. The van der Waals surface area contributed by atoms with Crippen molar-refractivity contribution in [2.45, 2.75) is 59.4 Å². The molecule has 1 unspecified atom stereocenters. The van der Waals surface area contributed by atoms with Crippen LogP contribution in [0.2, 0.25) is 0 Å². The number of hydrogen-bond donors (Lipinski definition) is 1. The molecule has 0 saturated carbocycles. The van der Waals surface area contributed by atoms with Crippen LogP contribution in [-0.4, -0.2) is 6.54 Å². The van der Waals surface area contributed by atoms with Gasteiger partial charge in [0.05, 0.1) is 0 Å². The van der Waals surface area contributed by atoms with Crippen LogP contribution in [0.15, 0.2) is 18.2 Å². The zero-order valence-electron chi connectivity index (χ0n) is 11.8. The van der Waals surface area contributed by atoms with Gasteiger partial charge in [0.15, 0.2) is 0 Å². The first-order valence-corrected chi connectivity index (χ1v) is 6.95. The van der Waals surface area contributed by atoms with E-state index in [4.69, 9.17) is 0 Å². The Bertz CT molecular complexity index is 330. The summed E-state index contributed by atoms with van der Waals surface area (Å²) >= 11 is 0. The molecule has 1 aromatic carbocycles. The highest BCUT2D eigenvalue weighted by molar-refractivity contribution is 5.32. The van der Waals surface area contributed by atoms with E-state index in [9.17, 15) is 0 Å². The lowest BCUT2D eigenvalue weighted by Crippen LogP contribution is -2.20. The molecule has 0 aromatic heterocycles. The maximum atomic E-state index is 3.63. The van der Waals surface area contributed by atoms with Gasteiger partial charge in [0, 0.05) is 6.04 Å². The molecule has 0 amide bonds. The fourth-order valence-electron chi connectivity index (χ4n) is 2.21. The van der Waals surface area contributed by atoms with Crippen LogP contribution >= 0.6 is 0 Å². The van der Waals surface area contributed by atoms with Gasteiger partial charge in [-0.05, 0) is 44.9 Å². The lowest BCUT2D eigenvalue weighted by molar-refractivity contribution is 0.535. The monoisotopic (exact) mass is 233 g/mol. The Hall–Kier alpha value is -0.820. The molecule has 0 heterocycles. The Morgan fingerprint density at radius 3 is 2.59 bits per heavy atom. The summed E-state index contributed by atoms with van der Waals surface area (Å²) < 4.78 is 0. The largest absolute Gasteiger partial charge is 0.310 e. The maximum Gasteiger partial charge on any atom is 0.0294 e. The summed E-state index contributed by atoms with van der Waals surface area (Å²) in [6, 6.07) is 7.18. The lowest BCUT2D eigenvalue weighted by atomic mass is 10.00. The highest BCUT2D eigenvalue weighted by Crippen LogP contribution is 2.18. The van der Waals surface area contributed by atoms with Crippen molar-refractivity contribution < 1.29 is 0 Å². The molecule has 0 saturated heterocycles. The third-order valence-electron chi connectivity index (χ3n) is 3.38. The highest BCUT2D eigenvalue weighted by Gasteiger charge is 2.07. The van der Waals surface area contributed by atoms with E-state index in [1.807, 2.05) is 0 Å². The fourth-order valence-corrected chi connectivity index (χ4v) is 2.21. The van der Waals surface area contributed by atoms with Crippen LogP contribution in [0.5, 0.6) is 0 Å². The summed E-state index contributed by atoms with van der Waals surface area (Å²) in [5.41, 5.74) is 4.19. The smallest absolute Gasteiger partial charge is 0.0294 e. The summed E-state index contributed by atoms with van der Waals surface area (Å²) in [5, 5.41) is 3.63. The van der Waals surface area contributed by atoms with Crippen LogP contribution in [0.3, 0.4) is 0 Å². The lowest BCUT2D eigenvalue weighted by Gasteiger charge is -2.17. The number of nitrogens with one attached hydrogen (secondary N) is 1. The summed E-state index contributed by atoms with van der Waals surface area (Å²) in [5.74, 6) is 0. The molecule has 17 heavy (non-hydrogen) atoms. The van der Waals surface area contributed by atoms with Crippen molar-refractivity contribution >= 4 is 0 Å². The Balaban J connectivity index is 2.41. The summed E-state index contributed by atoms with van der Waals surface area (Å²) in [4.78, 5) is 0. The Kier molecular flexibility index (Phi) is 6.28. The Morgan fingerprint density at radius 2 is 1.88 bits per heavy atom. The van der Waals surface area contributed by atoms with E-state index in [1.165, 1.54) is 42.4 Å². The first-order chi connectivity index (χ1) is 8.15. The van der Waals surface area contributed by atoms with Gasteiger partial charge in [0.1, 0.15) is 0 Å². The van der Waals surface area contributed by atoms with E-state index in [0.717, 1.165) is 6.54 Å². The average Bonchev–Trinajstić information content (AvgIpc) is 2.32. The van der Waals surface area contributed by atoms with Gasteiger partial charge in [-0.1, -0.05) is 49.9 Å². The predicted molar refractivity (Wildman–Crippen MR) is 76.5 cm³/mol. The van der Waals surface area contributed by atoms with Crippen LogP contribution in [0, 0.1) is 13.8 Å². The van der Waals surface area contributed by atoms with Crippen LogP contribution in [0.1, 0.15) is 62.3 Å². The molecule has 1 N–H and O–H groups in total. The minimum absolute atomic E-state index is 0.469. The Labute approximate surface area is 107 Å². The van der Waals surface area contributed by atoms with Crippen molar-refractivity contribution in [2.24, 2.45) is 0 Å². The molecule has 0 spiro atoms. The molecule has 1 heteroatoms. The molecule has 1 aromatic rings. The molecule has 0 fully saturated rings. The minimum Gasteiger partial charge on any atom is -0.310 e. The molecular weight excluding hydrogens is 206 g/mol. The molecule has 0 aliphatic rings. The zero-order valence-corrected chi connectivity index (χ0v) is 11.8. The van der Waals surface area contributed by atoms with Gasteiger partial charge in [-0.25, -0.2) is 0 Å². The topological polar surface area (TPSA) is 12.0 Å². The molecule has 1 atom stereocenters. The Morgan fingerprint density at radius 1 is 1.12 bits per heavy atom. The third-order valence-corrected chi connectivity index (χ3v) is 3.38. The van der Waals surface area contributed by atoms with E-state index in [2.05, 4.69) is 51.2 Å². The molecule has 0 aliphatic heterocycles. The molecule has 0 aliphatic carbocycles. The second-order valence-electron chi connectivity index (χ2n) is 5.10. The molecule has 0 bridgehead atoms. The van der Waals surface area contributed by atoms with Gasteiger partial charge in [-0.15, -0.1) is 0 Å². The van der Waals surface area contributed by atoms with Crippen LogP contribution in [-0.2, 0) is 0 Å². The summed E-state index contributed by atoms with van der Waals surface area (Å²) in [7, 11) is 0. The summed E-state index contributed by atoms with van der Waals surface area (Å²) in [6.45, 7) is 10.0. The van der Waals surface area contributed by atoms with E-state index < -0.39 is 0 Å². The number of benzene rings is 1. The van der Waals surface area contributed by atoms with Gasteiger partial charge in [-0.3, -0.25) is 0 Å². The first kappa shape index (κ1) is 14.2. The van der Waals surface area contributed by atoms with E-state index in [1.54, 1.807) is 0 Å². The number of unbranched alkanes of at least 4 members (excludes halogenated alkanes) is 3. The van der Waals surface area contributed by atoms with Crippen molar-refractivity contribution in [2.75, 3.05) is 6.54 Å². The van der Waals surface area contributed by atoms with E-state index >= 15 is 0 Å². The van der Waals surface area contributed by atoms with Gasteiger partial charge >= 0.3 is 0 Å². The third kappa shape index (κ3) is 4.91. The highest BCUT2D eigenvalue weighted by atomic mass is 14.9. The molecule has 1 nitrogen and oxygen atoms in total. The number of rotatable bonds is 7. The minimum atomic E-state index is 0.469. The van der Waals surface area contributed by atoms with E-state index in [-0.39, 0.29) is 0 Å². The normalized spacial score (nSPS) is 12.7. The van der Waals surface area contributed by atoms with Crippen LogP contribution in [0.4, 0.5) is 0 Å². The van der Waals surface area contributed by atoms with Crippen molar-refractivity contribution in [3.05, 3.63) is 34.9 Å². The zero-order chi connectivity index (χ0) is 12.7. The average molecular weight is 233 g/mol. The maximum absolute atomic E-state index is 3.63. The first-order valence-electron chi connectivity index (χ1n) is 6.95.